The molecule has 1 amide bonds. The van der Waals surface area contributed by atoms with E-state index in [0.717, 1.165) is 26.9 Å². The molecule has 0 fully saturated rings. The van der Waals surface area contributed by atoms with E-state index >= 15 is 0 Å². The first-order chi connectivity index (χ1) is 13.0. The zero-order valence-electron chi connectivity index (χ0n) is 14.9. The minimum atomic E-state index is -0.469. The molecule has 4 rings (SSSR count). The summed E-state index contributed by atoms with van der Waals surface area (Å²) in [6, 6.07) is 17.0. The second-order valence-electron chi connectivity index (χ2n) is 6.38. The Bertz CT molecular complexity index is 1220. The standard InChI is InChI=1S/C21H17N3O2S/c1-12-5-3-7-14(11-12)16-10-9-15(19(25)22-16)20(26)24-21-23-18-13(2)6-4-8-17(18)27-21/h3-11H,1-2H3,(H,22,25)(H,23,24,26). The van der Waals surface area contributed by atoms with Crippen molar-refractivity contribution in [1.29, 1.82) is 0 Å². The van der Waals surface area contributed by atoms with Gasteiger partial charge in [0.05, 0.1) is 10.2 Å². The third kappa shape index (κ3) is 3.39. The summed E-state index contributed by atoms with van der Waals surface area (Å²) in [6.07, 6.45) is 0. The molecule has 2 heterocycles. The number of anilines is 1. The van der Waals surface area contributed by atoms with Crippen molar-refractivity contribution in [2.45, 2.75) is 13.8 Å². The van der Waals surface area contributed by atoms with Crippen LogP contribution in [0.4, 0.5) is 5.13 Å². The van der Waals surface area contributed by atoms with Crippen molar-refractivity contribution >= 4 is 32.6 Å². The van der Waals surface area contributed by atoms with E-state index < -0.39 is 11.5 Å². The quantitative estimate of drug-likeness (QED) is 0.553. The highest BCUT2D eigenvalue weighted by molar-refractivity contribution is 7.22. The molecule has 27 heavy (non-hydrogen) atoms. The van der Waals surface area contributed by atoms with E-state index in [1.54, 1.807) is 12.1 Å². The first kappa shape index (κ1) is 17.2. The van der Waals surface area contributed by atoms with Crippen LogP contribution in [0.25, 0.3) is 21.5 Å². The summed E-state index contributed by atoms with van der Waals surface area (Å²) in [4.78, 5) is 32.2. The number of fused-ring (bicyclic) bond motifs is 1. The Labute approximate surface area is 159 Å². The number of benzene rings is 2. The number of nitrogens with one attached hydrogen (secondary N) is 2. The molecule has 2 N–H and O–H groups in total. The number of hydrogen-bond donors (Lipinski definition) is 2. The van der Waals surface area contributed by atoms with Crippen LogP contribution in [0.1, 0.15) is 21.5 Å². The third-order valence-electron chi connectivity index (χ3n) is 4.32. The molecule has 0 saturated carbocycles. The number of carbonyl (C=O) groups is 1. The summed E-state index contributed by atoms with van der Waals surface area (Å²) < 4.78 is 0.994. The molecular formula is C21H17N3O2S. The van der Waals surface area contributed by atoms with Crippen molar-refractivity contribution in [2.24, 2.45) is 0 Å². The van der Waals surface area contributed by atoms with Crippen LogP contribution in [-0.4, -0.2) is 15.9 Å². The number of aromatic amines is 1. The molecule has 0 aliphatic heterocycles. The molecule has 0 spiro atoms. The third-order valence-corrected chi connectivity index (χ3v) is 5.26. The zero-order chi connectivity index (χ0) is 19.0. The number of thiazole rings is 1. The second-order valence-corrected chi connectivity index (χ2v) is 7.41. The monoisotopic (exact) mass is 375 g/mol. The Morgan fingerprint density at radius 1 is 1.07 bits per heavy atom. The lowest BCUT2D eigenvalue weighted by molar-refractivity contribution is 0.102. The SMILES string of the molecule is Cc1cccc(-c2ccc(C(=O)Nc3nc4c(C)cccc4s3)c(=O)[nH]2)c1. The van der Waals surface area contributed by atoms with Crippen LogP contribution in [0.2, 0.25) is 0 Å². The number of aryl methyl sites for hydroxylation is 2. The number of rotatable bonds is 3. The zero-order valence-corrected chi connectivity index (χ0v) is 15.7. The largest absolute Gasteiger partial charge is 0.321 e. The molecule has 4 aromatic rings. The summed E-state index contributed by atoms with van der Waals surface area (Å²) in [5, 5.41) is 3.21. The normalized spacial score (nSPS) is 10.9. The topological polar surface area (TPSA) is 74.8 Å². The molecule has 0 bridgehead atoms. The molecule has 134 valence electrons. The van der Waals surface area contributed by atoms with Crippen molar-refractivity contribution in [2.75, 3.05) is 5.32 Å². The maximum Gasteiger partial charge on any atom is 0.263 e. The Kier molecular flexibility index (Phi) is 4.33. The molecule has 0 unspecified atom stereocenters. The van der Waals surface area contributed by atoms with Gasteiger partial charge in [-0.2, -0.15) is 0 Å². The lowest BCUT2D eigenvalue weighted by atomic mass is 10.1. The van der Waals surface area contributed by atoms with E-state index in [0.29, 0.717) is 10.8 Å². The molecule has 0 aliphatic carbocycles. The first-order valence-corrected chi connectivity index (χ1v) is 9.31. The predicted octanol–water partition coefficient (Wildman–Crippen LogP) is 4.52. The van der Waals surface area contributed by atoms with E-state index in [9.17, 15) is 9.59 Å². The average molecular weight is 375 g/mol. The molecular weight excluding hydrogens is 358 g/mol. The number of H-pyrrole nitrogens is 1. The maximum absolute atomic E-state index is 12.5. The van der Waals surface area contributed by atoms with Crippen molar-refractivity contribution in [3.8, 4) is 11.3 Å². The van der Waals surface area contributed by atoms with Gasteiger partial charge in [0, 0.05) is 5.69 Å². The van der Waals surface area contributed by atoms with Crippen molar-refractivity contribution < 1.29 is 4.79 Å². The summed E-state index contributed by atoms with van der Waals surface area (Å²) in [7, 11) is 0. The molecule has 0 aliphatic rings. The molecule has 0 radical (unpaired) electrons. The van der Waals surface area contributed by atoms with Gasteiger partial charge in [0.2, 0.25) is 0 Å². The number of hydrogen-bond acceptors (Lipinski definition) is 4. The van der Waals surface area contributed by atoms with Crippen LogP contribution < -0.4 is 10.9 Å². The number of amides is 1. The van der Waals surface area contributed by atoms with Gasteiger partial charge in [-0.25, -0.2) is 4.98 Å². The molecule has 6 heteroatoms. The highest BCUT2D eigenvalue weighted by Gasteiger charge is 2.14. The molecule has 5 nitrogen and oxygen atoms in total. The van der Waals surface area contributed by atoms with Gasteiger partial charge in [0.1, 0.15) is 5.56 Å². The van der Waals surface area contributed by atoms with Gasteiger partial charge in [-0.15, -0.1) is 0 Å². The summed E-state index contributed by atoms with van der Waals surface area (Å²) in [5.74, 6) is -0.469. The predicted molar refractivity (Wildman–Crippen MR) is 110 cm³/mol. The summed E-state index contributed by atoms with van der Waals surface area (Å²) in [5.41, 5.74) is 4.22. The fourth-order valence-electron chi connectivity index (χ4n) is 2.94. The van der Waals surface area contributed by atoms with Crippen molar-refractivity contribution in [3.63, 3.8) is 0 Å². The Morgan fingerprint density at radius 3 is 2.63 bits per heavy atom. The molecule has 0 atom stereocenters. The Morgan fingerprint density at radius 2 is 1.89 bits per heavy atom. The average Bonchev–Trinajstić information content (AvgIpc) is 3.05. The maximum atomic E-state index is 12.5. The van der Waals surface area contributed by atoms with Crippen molar-refractivity contribution in [3.05, 3.63) is 81.6 Å². The second kappa shape index (κ2) is 6.81. The van der Waals surface area contributed by atoms with Gasteiger partial charge in [-0.05, 0) is 49.2 Å². The smallest absolute Gasteiger partial charge is 0.263 e. The van der Waals surface area contributed by atoms with Gasteiger partial charge >= 0.3 is 0 Å². The van der Waals surface area contributed by atoms with Crippen LogP contribution in [0.15, 0.2) is 59.4 Å². The van der Waals surface area contributed by atoms with Crippen LogP contribution in [0.3, 0.4) is 0 Å². The Balaban J connectivity index is 1.61. The summed E-state index contributed by atoms with van der Waals surface area (Å²) >= 11 is 1.39. The van der Waals surface area contributed by atoms with E-state index in [1.165, 1.54) is 11.3 Å². The van der Waals surface area contributed by atoms with E-state index in [-0.39, 0.29) is 5.56 Å². The lowest BCUT2D eigenvalue weighted by Gasteiger charge is -2.05. The van der Waals surface area contributed by atoms with Gasteiger partial charge in [0.15, 0.2) is 5.13 Å². The van der Waals surface area contributed by atoms with Gasteiger partial charge in [0.25, 0.3) is 11.5 Å². The van der Waals surface area contributed by atoms with E-state index in [4.69, 9.17) is 0 Å². The number of pyridine rings is 1. The lowest BCUT2D eigenvalue weighted by Crippen LogP contribution is -2.23. The first-order valence-electron chi connectivity index (χ1n) is 8.49. The minimum Gasteiger partial charge on any atom is -0.321 e. The molecule has 0 saturated heterocycles. The van der Waals surface area contributed by atoms with Crippen LogP contribution in [0, 0.1) is 13.8 Å². The number of nitrogens with zero attached hydrogens (tertiary/aromatic N) is 1. The number of para-hydroxylation sites is 1. The van der Waals surface area contributed by atoms with Gasteiger partial charge < -0.3 is 4.98 Å². The molecule has 2 aromatic heterocycles. The Hall–Kier alpha value is -3.25. The highest BCUT2D eigenvalue weighted by Crippen LogP contribution is 2.28. The van der Waals surface area contributed by atoms with Crippen LogP contribution in [0.5, 0.6) is 0 Å². The van der Waals surface area contributed by atoms with Crippen LogP contribution in [-0.2, 0) is 0 Å². The van der Waals surface area contributed by atoms with E-state index in [1.807, 2.05) is 56.3 Å². The number of aromatic nitrogens is 2. The van der Waals surface area contributed by atoms with Gasteiger partial charge in [-0.1, -0.05) is 47.2 Å². The van der Waals surface area contributed by atoms with E-state index in [2.05, 4.69) is 15.3 Å². The number of carbonyl (C=O) groups excluding carboxylic acids is 1. The van der Waals surface area contributed by atoms with Crippen LogP contribution >= 0.6 is 11.3 Å². The van der Waals surface area contributed by atoms with Crippen molar-refractivity contribution in [1.82, 2.24) is 9.97 Å². The minimum absolute atomic E-state index is 0.0578. The molecule has 2 aromatic carbocycles. The fourth-order valence-corrected chi connectivity index (χ4v) is 3.88. The summed E-state index contributed by atoms with van der Waals surface area (Å²) in [6.45, 7) is 3.96. The van der Waals surface area contributed by atoms with Gasteiger partial charge in [-0.3, -0.25) is 14.9 Å². The fraction of sp³-hybridized carbons (Fsp3) is 0.0952. The highest BCUT2D eigenvalue weighted by atomic mass is 32.1.